The van der Waals surface area contributed by atoms with Crippen molar-refractivity contribution >= 4 is 6.41 Å². The Bertz CT molecular complexity index is 152. The van der Waals surface area contributed by atoms with Gasteiger partial charge in [-0.2, -0.15) is 0 Å². The molecule has 0 amide bonds. The van der Waals surface area contributed by atoms with Crippen molar-refractivity contribution < 1.29 is 35.8 Å². The Kier molecular flexibility index (Phi) is 3.87. The molecule has 0 unspecified atom stereocenters. The largest absolute Gasteiger partial charge is 1.00 e. The van der Waals surface area contributed by atoms with Gasteiger partial charge in [0.2, 0.25) is 6.41 Å². The summed E-state index contributed by atoms with van der Waals surface area (Å²) in [4.78, 5) is 9.83. The Morgan fingerprint density at radius 3 is 2.12 bits per heavy atom. The van der Waals surface area contributed by atoms with Gasteiger partial charge in [-0.05, 0) is 12.1 Å². The quantitative estimate of drug-likeness (QED) is 0.299. The minimum Gasteiger partial charge on any atom is -1.00 e. The predicted molar refractivity (Wildman–Crippen MR) is 27.7 cm³/mol. The van der Waals surface area contributed by atoms with Crippen LogP contribution in [0.15, 0.2) is 24.5 Å². The van der Waals surface area contributed by atoms with E-state index in [0.29, 0.717) is 0 Å². The molecule has 0 aromatic carbocycles. The fourth-order valence-electron chi connectivity index (χ4n) is 0.418. The number of hydrogen-bond donors (Lipinski definition) is 0. The van der Waals surface area contributed by atoms with E-state index in [1.54, 1.807) is 24.5 Å². The van der Waals surface area contributed by atoms with Crippen LogP contribution in [0.3, 0.4) is 0 Å². The molecule has 0 saturated carbocycles. The van der Waals surface area contributed by atoms with Crippen LogP contribution in [0.5, 0.6) is 0 Å². The van der Waals surface area contributed by atoms with E-state index in [0.717, 1.165) is 6.41 Å². The third-order valence-electron chi connectivity index (χ3n) is 0.749. The summed E-state index contributed by atoms with van der Waals surface area (Å²) in [7, 11) is 0. The normalized spacial score (nSPS) is 7.50. The first kappa shape index (κ1) is 7.95. The smallest absolute Gasteiger partial charge is 1.00 e. The molecule has 0 fully saturated rings. The second-order valence-electron chi connectivity index (χ2n) is 1.24. The molecule has 8 heavy (non-hydrogen) atoms. The van der Waals surface area contributed by atoms with Crippen LogP contribution in [-0.4, -0.2) is 11.0 Å². The number of hydrogen-bond acceptors (Lipinski definition) is 1. The minimum absolute atomic E-state index is 0. The van der Waals surface area contributed by atoms with Crippen molar-refractivity contribution in [2.45, 2.75) is 0 Å². The molecular formula is C5H6NNaO. The van der Waals surface area contributed by atoms with Gasteiger partial charge in [0.1, 0.15) is 0 Å². The summed E-state index contributed by atoms with van der Waals surface area (Å²) in [6, 6.07) is 3.60. The van der Waals surface area contributed by atoms with E-state index < -0.39 is 0 Å². The molecule has 2 nitrogen and oxygen atoms in total. The van der Waals surface area contributed by atoms with Crippen molar-refractivity contribution in [3.05, 3.63) is 24.5 Å². The average Bonchev–Trinajstić information content (AvgIpc) is 2.14. The standard InChI is InChI=1S/C5H5NO.Na.H/c7-5-6-3-1-2-4-6;;/h1-5H;;/q;+1;-1. The van der Waals surface area contributed by atoms with Crippen LogP contribution in [0.2, 0.25) is 0 Å². The monoisotopic (exact) mass is 119 g/mol. The van der Waals surface area contributed by atoms with E-state index in [-0.39, 0.29) is 31.0 Å². The summed E-state index contributed by atoms with van der Waals surface area (Å²) in [6.45, 7) is 0. The molecule has 3 heteroatoms. The summed E-state index contributed by atoms with van der Waals surface area (Å²) in [6.07, 6.45) is 4.12. The van der Waals surface area contributed by atoms with E-state index in [1.165, 1.54) is 4.57 Å². The molecular weight excluding hydrogens is 113 g/mol. The first-order chi connectivity index (χ1) is 3.43. The Morgan fingerprint density at radius 1 is 1.38 bits per heavy atom. The summed E-state index contributed by atoms with van der Waals surface area (Å²) in [5.74, 6) is 0. The van der Waals surface area contributed by atoms with Crippen molar-refractivity contribution in [2.75, 3.05) is 0 Å². The number of rotatable bonds is 1. The van der Waals surface area contributed by atoms with Gasteiger partial charge < -0.3 is 1.43 Å². The molecule has 1 aromatic heterocycles. The molecule has 0 bridgehead atoms. The van der Waals surface area contributed by atoms with E-state index >= 15 is 0 Å². The Morgan fingerprint density at radius 2 is 1.88 bits per heavy atom. The molecule has 38 valence electrons. The van der Waals surface area contributed by atoms with Crippen LogP contribution in [0.1, 0.15) is 1.43 Å². The second kappa shape index (κ2) is 3.89. The molecule has 1 aromatic rings. The van der Waals surface area contributed by atoms with Crippen molar-refractivity contribution in [1.82, 2.24) is 4.57 Å². The maximum absolute atomic E-state index is 9.83. The average molecular weight is 119 g/mol. The van der Waals surface area contributed by atoms with Gasteiger partial charge in [-0.1, -0.05) is 0 Å². The molecule has 0 N–H and O–H groups in total. The van der Waals surface area contributed by atoms with Gasteiger partial charge in [0.15, 0.2) is 0 Å². The fourth-order valence-corrected chi connectivity index (χ4v) is 0.418. The molecule has 0 atom stereocenters. The number of aromatic nitrogens is 1. The van der Waals surface area contributed by atoms with E-state index in [1.807, 2.05) is 0 Å². The van der Waals surface area contributed by atoms with Gasteiger partial charge in [0, 0.05) is 12.4 Å². The summed E-state index contributed by atoms with van der Waals surface area (Å²) in [5.41, 5.74) is 0. The van der Waals surface area contributed by atoms with Crippen molar-refractivity contribution in [2.24, 2.45) is 0 Å². The van der Waals surface area contributed by atoms with Gasteiger partial charge in [-0.15, -0.1) is 0 Å². The molecule has 0 spiro atoms. The zero-order valence-electron chi connectivity index (χ0n) is 5.74. The van der Waals surface area contributed by atoms with Crippen molar-refractivity contribution in [3.63, 3.8) is 0 Å². The fraction of sp³-hybridized carbons (Fsp3) is 0. The number of carbonyl (C=O) groups is 1. The summed E-state index contributed by atoms with van der Waals surface area (Å²) >= 11 is 0. The topological polar surface area (TPSA) is 22.0 Å². The zero-order chi connectivity index (χ0) is 5.11. The molecule has 1 heterocycles. The zero-order valence-corrected chi connectivity index (χ0v) is 6.74. The van der Waals surface area contributed by atoms with Crippen LogP contribution >= 0.6 is 0 Å². The van der Waals surface area contributed by atoms with Crippen LogP contribution in [-0.2, 0) is 4.79 Å². The van der Waals surface area contributed by atoms with Gasteiger partial charge in [0.25, 0.3) is 0 Å². The Balaban J connectivity index is 0. The maximum Gasteiger partial charge on any atom is 1.00 e. The van der Waals surface area contributed by atoms with Gasteiger partial charge in [-0.25, -0.2) is 0 Å². The molecule has 0 saturated heterocycles. The number of nitrogens with zero attached hydrogens (tertiary/aromatic N) is 1. The van der Waals surface area contributed by atoms with Gasteiger partial charge in [0.05, 0.1) is 0 Å². The SMILES string of the molecule is O=Cn1cccc1.[H-].[Na+]. The first-order valence-electron chi connectivity index (χ1n) is 2.01. The van der Waals surface area contributed by atoms with Crippen LogP contribution in [0, 0.1) is 0 Å². The molecule has 0 aliphatic heterocycles. The summed E-state index contributed by atoms with van der Waals surface area (Å²) < 4.78 is 1.44. The number of carbonyl (C=O) groups excluding carboxylic acids is 1. The molecule has 1 rings (SSSR count). The third kappa shape index (κ3) is 1.82. The molecule has 0 aliphatic rings. The predicted octanol–water partition coefficient (Wildman–Crippen LogP) is -2.36. The van der Waals surface area contributed by atoms with E-state index in [4.69, 9.17) is 0 Å². The summed E-state index contributed by atoms with van der Waals surface area (Å²) in [5, 5.41) is 0. The minimum atomic E-state index is 0. The molecule has 0 radical (unpaired) electrons. The Hall–Kier alpha value is -0.0500. The van der Waals surface area contributed by atoms with Crippen molar-refractivity contribution in [1.29, 1.82) is 0 Å². The maximum atomic E-state index is 9.83. The van der Waals surface area contributed by atoms with E-state index in [2.05, 4.69) is 0 Å². The van der Waals surface area contributed by atoms with Crippen molar-refractivity contribution in [3.8, 4) is 0 Å². The first-order valence-corrected chi connectivity index (χ1v) is 2.01. The van der Waals surface area contributed by atoms with Crippen LogP contribution < -0.4 is 29.6 Å². The van der Waals surface area contributed by atoms with Gasteiger partial charge >= 0.3 is 29.6 Å². The van der Waals surface area contributed by atoms with E-state index in [9.17, 15) is 4.79 Å². The van der Waals surface area contributed by atoms with Gasteiger partial charge in [-0.3, -0.25) is 9.36 Å². The van der Waals surface area contributed by atoms with Crippen LogP contribution in [0.4, 0.5) is 0 Å². The van der Waals surface area contributed by atoms with Crippen LogP contribution in [0.25, 0.3) is 0 Å². The second-order valence-corrected chi connectivity index (χ2v) is 1.24. The Labute approximate surface area is 71.3 Å². The third-order valence-corrected chi connectivity index (χ3v) is 0.749. The molecule has 0 aliphatic carbocycles.